The van der Waals surface area contributed by atoms with Crippen molar-refractivity contribution in [3.63, 3.8) is 0 Å². The normalized spacial score (nSPS) is 14.6. The molecule has 2 amide bonds. The number of hydrogen-bond donors (Lipinski definition) is 4. The molecule has 0 bridgehead atoms. The van der Waals surface area contributed by atoms with Gasteiger partial charge in [0.25, 0.3) is 5.91 Å². The van der Waals surface area contributed by atoms with Crippen LogP contribution in [0.15, 0.2) is 66.9 Å². The van der Waals surface area contributed by atoms with E-state index in [0.717, 1.165) is 18.2 Å². The second-order valence-electron chi connectivity index (χ2n) is 12.3. The van der Waals surface area contributed by atoms with Gasteiger partial charge in [0.15, 0.2) is 0 Å². The third kappa shape index (κ3) is 6.99. The van der Waals surface area contributed by atoms with Gasteiger partial charge in [-0.15, -0.1) is 0 Å². The molecular weight excluding hydrogens is 681 g/mol. The molecule has 6 rings (SSSR count). The third-order valence-corrected chi connectivity index (χ3v) is 9.50. The highest BCUT2D eigenvalue weighted by atomic mass is 35.5. The fourth-order valence-corrected chi connectivity index (χ4v) is 6.32. The lowest BCUT2D eigenvalue weighted by molar-refractivity contribution is -0.117. The van der Waals surface area contributed by atoms with Gasteiger partial charge in [-0.2, -0.15) is 5.10 Å². The molecule has 2 atom stereocenters. The summed E-state index contributed by atoms with van der Waals surface area (Å²) in [6, 6.07) is 16.9. The average molecular weight is 719 g/mol. The van der Waals surface area contributed by atoms with Crippen LogP contribution in [0.25, 0.3) is 22.2 Å². The summed E-state index contributed by atoms with van der Waals surface area (Å²) in [5.41, 5.74) is 6.47. The first kappa shape index (κ1) is 35.2. The Morgan fingerprint density at radius 1 is 1.14 bits per heavy atom. The molecule has 3 aromatic carbocycles. The Morgan fingerprint density at radius 3 is 2.58 bits per heavy atom. The number of primary amides is 1. The lowest BCUT2D eigenvalue weighted by Gasteiger charge is -2.31. The molecule has 13 heteroatoms. The lowest BCUT2D eigenvalue weighted by Crippen LogP contribution is -2.42. The number of nitrogens with two attached hydrogens (primary N) is 1. The van der Waals surface area contributed by atoms with E-state index in [0.29, 0.717) is 45.1 Å². The number of benzene rings is 3. The molecule has 5 N–H and O–H groups in total. The van der Waals surface area contributed by atoms with Crippen molar-refractivity contribution in [3.05, 3.63) is 105 Å². The topological polar surface area (TPSA) is 162 Å². The summed E-state index contributed by atoms with van der Waals surface area (Å²) in [5, 5.41) is 31.9. The van der Waals surface area contributed by atoms with E-state index in [1.165, 1.54) is 13.2 Å². The SMILES string of the molecule is CCOc1c(CC(N)=O)cc([C@@](O)(CNC(=O)c2cc(OC)c3nn(C4CC4)cc3c2)c2cccc(C(C)O)c2)nc1-c1cccc(Cl)c1Cl. The number of pyridine rings is 1. The molecule has 1 aliphatic rings. The van der Waals surface area contributed by atoms with Gasteiger partial charge in [0.2, 0.25) is 5.91 Å². The lowest BCUT2D eigenvalue weighted by atomic mass is 9.86. The van der Waals surface area contributed by atoms with Crippen molar-refractivity contribution >= 4 is 45.9 Å². The summed E-state index contributed by atoms with van der Waals surface area (Å²) < 4.78 is 13.5. The van der Waals surface area contributed by atoms with Crippen molar-refractivity contribution in [2.24, 2.45) is 5.73 Å². The standard InChI is InChI=1S/C37H37Cl2N5O6/c1-4-50-35-22(17-31(40)46)16-30(42-34(35)27-9-6-10-28(38)32(27)39)37(48,25-8-5-7-21(14-25)20(2)45)19-41-36(47)23-13-24-18-44(26-11-12-26)43-33(24)29(15-23)49-3/h5-10,13-16,18,20,26,45,48H,4,11-12,17,19H2,1-3H3,(H2,40,46)(H,41,47)/t20?,37-/m1/s1. The summed E-state index contributed by atoms with van der Waals surface area (Å²) in [6.07, 6.45) is 2.88. The highest BCUT2D eigenvalue weighted by molar-refractivity contribution is 6.43. The molecule has 11 nitrogen and oxygen atoms in total. The van der Waals surface area contributed by atoms with E-state index >= 15 is 0 Å². The van der Waals surface area contributed by atoms with Gasteiger partial charge in [-0.1, -0.05) is 53.5 Å². The number of hydrogen-bond acceptors (Lipinski definition) is 8. The minimum atomic E-state index is -2.01. The smallest absolute Gasteiger partial charge is 0.251 e. The number of ether oxygens (including phenoxy) is 2. The van der Waals surface area contributed by atoms with Crippen LogP contribution >= 0.6 is 23.2 Å². The molecule has 2 heterocycles. The number of aromatic nitrogens is 3. The first-order valence-corrected chi connectivity index (χ1v) is 16.9. The second kappa shape index (κ2) is 14.3. The molecule has 0 spiro atoms. The number of carbonyl (C=O) groups is 2. The summed E-state index contributed by atoms with van der Waals surface area (Å²) >= 11 is 13.1. The van der Waals surface area contributed by atoms with Crippen molar-refractivity contribution in [1.82, 2.24) is 20.1 Å². The fraction of sp³-hybridized carbons (Fsp3) is 0.297. The minimum Gasteiger partial charge on any atom is -0.494 e. The van der Waals surface area contributed by atoms with Gasteiger partial charge in [-0.25, -0.2) is 4.98 Å². The Hall–Kier alpha value is -4.68. The van der Waals surface area contributed by atoms with Gasteiger partial charge in [-0.3, -0.25) is 14.3 Å². The van der Waals surface area contributed by atoms with Crippen LogP contribution in [0.4, 0.5) is 0 Å². The van der Waals surface area contributed by atoms with Crippen LogP contribution in [0.3, 0.4) is 0 Å². The van der Waals surface area contributed by atoms with Gasteiger partial charge >= 0.3 is 0 Å². The van der Waals surface area contributed by atoms with Crippen LogP contribution in [-0.4, -0.2) is 57.1 Å². The van der Waals surface area contributed by atoms with Gasteiger partial charge in [-0.05, 0) is 68.1 Å². The zero-order valence-electron chi connectivity index (χ0n) is 27.7. The first-order chi connectivity index (χ1) is 23.9. The third-order valence-electron chi connectivity index (χ3n) is 8.68. The Kier molecular flexibility index (Phi) is 10.0. The van der Waals surface area contributed by atoms with Crippen molar-refractivity contribution in [2.45, 2.75) is 50.9 Å². The number of amides is 2. The summed E-state index contributed by atoms with van der Waals surface area (Å²) in [5.74, 6) is -0.445. The molecular formula is C37H37Cl2N5O6. The van der Waals surface area contributed by atoms with Crippen molar-refractivity contribution in [2.75, 3.05) is 20.3 Å². The maximum Gasteiger partial charge on any atom is 0.251 e. The molecule has 1 aliphatic carbocycles. The van der Waals surface area contributed by atoms with Crippen molar-refractivity contribution < 1.29 is 29.3 Å². The number of carbonyl (C=O) groups excluding carboxylic acids is 2. The van der Waals surface area contributed by atoms with Crippen LogP contribution < -0.4 is 20.5 Å². The largest absolute Gasteiger partial charge is 0.494 e. The number of nitrogens with zero attached hydrogens (tertiary/aromatic N) is 3. The van der Waals surface area contributed by atoms with E-state index in [4.69, 9.17) is 43.4 Å². The average Bonchev–Trinajstić information content (AvgIpc) is 3.86. The van der Waals surface area contributed by atoms with Gasteiger partial charge in [0.05, 0.1) is 54.6 Å². The quantitative estimate of drug-likeness (QED) is 0.117. The maximum absolute atomic E-state index is 13.8. The van der Waals surface area contributed by atoms with E-state index in [1.807, 2.05) is 10.9 Å². The van der Waals surface area contributed by atoms with Gasteiger partial charge < -0.3 is 30.7 Å². The maximum atomic E-state index is 13.8. The van der Waals surface area contributed by atoms with E-state index in [1.54, 1.807) is 68.4 Å². The number of halogens is 2. The molecule has 0 aliphatic heterocycles. The number of methoxy groups -OCH3 is 1. The fourth-order valence-electron chi connectivity index (χ4n) is 5.93. The summed E-state index contributed by atoms with van der Waals surface area (Å²) in [4.78, 5) is 31.1. The molecule has 260 valence electrons. The molecule has 0 saturated heterocycles. The highest BCUT2D eigenvalue weighted by Gasteiger charge is 2.37. The van der Waals surface area contributed by atoms with Crippen molar-refractivity contribution in [3.8, 4) is 22.8 Å². The number of aliphatic hydroxyl groups excluding tert-OH is 1. The van der Waals surface area contributed by atoms with Crippen LogP contribution in [0, 0.1) is 0 Å². The van der Waals surface area contributed by atoms with E-state index in [2.05, 4.69) is 10.4 Å². The Bertz CT molecular complexity index is 2100. The predicted octanol–water partition coefficient (Wildman–Crippen LogP) is 5.89. The Morgan fingerprint density at radius 2 is 1.90 bits per heavy atom. The molecule has 0 radical (unpaired) electrons. The summed E-state index contributed by atoms with van der Waals surface area (Å²) in [7, 11) is 1.52. The van der Waals surface area contributed by atoms with Crippen LogP contribution in [-0.2, 0) is 16.8 Å². The van der Waals surface area contributed by atoms with E-state index in [-0.39, 0.29) is 46.8 Å². The van der Waals surface area contributed by atoms with Crippen LogP contribution in [0.2, 0.25) is 10.0 Å². The Labute approximate surface area is 298 Å². The number of aliphatic hydroxyl groups is 2. The molecule has 1 saturated carbocycles. The van der Waals surface area contributed by atoms with Crippen molar-refractivity contribution in [1.29, 1.82) is 0 Å². The van der Waals surface area contributed by atoms with E-state index in [9.17, 15) is 19.8 Å². The summed E-state index contributed by atoms with van der Waals surface area (Å²) in [6.45, 7) is 3.24. The highest BCUT2D eigenvalue weighted by Crippen LogP contribution is 2.42. The minimum absolute atomic E-state index is 0.0602. The van der Waals surface area contributed by atoms with Crippen LogP contribution in [0.5, 0.6) is 11.5 Å². The van der Waals surface area contributed by atoms with Gasteiger partial charge in [0, 0.05) is 28.3 Å². The van der Waals surface area contributed by atoms with Gasteiger partial charge in [0.1, 0.15) is 28.3 Å². The zero-order chi connectivity index (χ0) is 35.7. The predicted molar refractivity (Wildman–Crippen MR) is 191 cm³/mol. The molecule has 1 fully saturated rings. The number of fused-ring (bicyclic) bond motifs is 1. The zero-order valence-corrected chi connectivity index (χ0v) is 29.3. The monoisotopic (exact) mass is 717 g/mol. The molecule has 5 aromatic rings. The number of nitrogens with one attached hydrogen (secondary N) is 1. The second-order valence-corrected chi connectivity index (χ2v) is 13.1. The van der Waals surface area contributed by atoms with E-state index < -0.39 is 23.5 Å². The van der Waals surface area contributed by atoms with Crippen LogP contribution in [0.1, 0.15) is 71.6 Å². The molecule has 2 aromatic heterocycles. The number of rotatable bonds is 13. The molecule has 1 unspecified atom stereocenters. The molecule has 50 heavy (non-hydrogen) atoms. The Balaban J connectivity index is 1.49. The first-order valence-electron chi connectivity index (χ1n) is 16.2.